The minimum atomic E-state index is -4.34. The van der Waals surface area contributed by atoms with Crippen molar-refractivity contribution in [3.05, 3.63) is 130 Å². The van der Waals surface area contributed by atoms with Crippen LogP contribution in [0.5, 0.6) is 0 Å². The third kappa shape index (κ3) is 8.91. The molecule has 7 nitrogen and oxygen atoms in total. The summed E-state index contributed by atoms with van der Waals surface area (Å²) in [5, 5.41) is 3.89. The zero-order chi connectivity index (χ0) is 33.4. The monoisotopic (exact) mass is 695 g/mol. The van der Waals surface area contributed by atoms with E-state index in [9.17, 15) is 22.4 Å². The van der Waals surface area contributed by atoms with Gasteiger partial charge in [-0.3, -0.25) is 13.9 Å². The SMILES string of the molecule is O=C(NC1CCCCC1)[C@H](Cc1ccccc1)N(Cc1ccc(Cl)cc1Cl)C(=O)CN(c1ccccc1)S(=O)(=O)c1ccc(F)cc1. The number of anilines is 1. The lowest BCUT2D eigenvalue weighted by atomic mass is 9.94. The molecule has 0 heterocycles. The van der Waals surface area contributed by atoms with Gasteiger partial charge < -0.3 is 10.2 Å². The summed E-state index contributed by atoms with van der Waals surface area (Å²) >= 11 is 12.8. The molecule has 0 spiro atoms. The van der Waals surface area contributed by atoms with Gasteiger partial charge in [0.15, 0.2) is 0 Å². The number of benzene rings is 4. The van der Waals surface area contributed by atoms with E-state index in [4.69, 9.17) is 23.2 Å². The Labute approximate surface area is 285 Å². The topological polar surface area (TPSA) is 86.8 Å². The number of nitrogens with zero attached hydrogens (tertiary/aromatic N) is 2. The predicted octanol–water partition coefficient (Wildman–Crippen LogP) is 7.42. The number of amides is 2. The van der Waals surface area contributed by atoms with Gasteiger partial charge in [-0.1, -0.05) is 97.1 Å². The van der Waals surface area contributed by atoms with Crippen molar-refractivity contribution in [3.8, 4) is 0 Å². The Bertz CT molecular complexity index is 1770. The molecule has 11 heteroatoms. The molecule has 0 aliphatic heterocycles. The number of halogens is 3. The molecule has 0 bridgehead atoms. The number of hydrogen-bond donors (Lipinski definition) is 1. The van der Waals surface area contributed by atoms with Crippen LogP contribution >= 0.6 is 23.2 Å². The van der Waals surface area contributed by atoms with Crippen LogP contribution in [0.3, 0.4) is 0 Å². The zero-order valence-corrected chi connectivity index (χ0v) is 28.0. The van der Waals surface area contributed by atoms with Crippen LogP contribution in [-0.2, 0) is 32.6 Å². The molecule has 0 aromatic heterocycles. The fourth-order valence-corrected chi connectivity index (χ4v) is 7.67. The first-order chi connectivity index (χ1) is 22.6. The summed E-state index contributed by atoms with van der Waals surface area (Å²) < 4.78 is 42.8. The average molecular weight is 697 g/mol. The number of carbonyl (C=O) groups excluding carboxylic acids is 2. The maximum atomic E-state index is 14.6. The van der Waals surface area contributed by atoms with E-state index in [-0.39, 0.29) is 35.5 Å². The molecule has 0 saturated heterocycles. The predicted molar refractivity (Wildman–Crippen MR) is 183 cm³/mol. The molecule has 5 rings (SSSR count). The van der Waals surface area contributed by atoms with Crippen LogP contribution in [0.15, 0.2) is 108 Å². The molecule has 0 unspecified atom stereocenters. The minimum Gasteiger partial charge on any atom is -0.352 e. The Balaban J connectivity index is 1.56. The van der Waals surface area contributed by atoms with Crippen molar-refractivity contribution in [2.45, 2.75) is 62.0 Å². The van der Waals surface area contributed by atoms with Gasteiger partial charge in [0.1, 0.15) is 18.4 Å². The van der Waals surface area contributed by atoms with Crippen LogP contribution in [0.4, 0.5) is 10.1 Å². The van der Waals surface area contributed by atoms with Crippen LogP contribution in [0, 0.1) is 5.82 Å². The Morgan fingerprint density at radius 2 is 1.49 bits per heavy atom. The highest BCUT2D eigenvalue weighted by Gasteiger charge is 2.35. The summed E-state index contributed by atoms with van der Waals surface area (Å²) in [7, 11) is -4.34. The normalized spacial score (nSPS) is 14.3. The van der Waals surface area contributed by atoms with Gasteiger partial charge in [0.2, 0.25) is 11.8 Å². The van der Waals surface area contributed by atoms with Crippen molar-refractivity contribution in [2.75, 3.05) is 10.8 Å². The first kappa shape index (κ1) is 34.4. The highest BCUT2D eigenvalue weighted by molar-refractivity contribution is 7.92. The molecule has 246 valence electrons. The van der Waals surface area contributed by atoms with Crippen molar-refractivity contribution in [2.24, 2.45) is 0 Å². The van der Waals surface area contributed by atoms with Crippen molar-refractivity contribution in [1.29, 1.82) is 0 Å². The largest absolute Gasteiger partial charge is 0.352 e. The zero-order valence-electron chi connectivity index (χ0n) is 25.7. The Morgan fingerprint density at radius 1 is 0.851 bits per heavy atom. The second-order valence-electron chi connectivity index (χ2n) is 11.6. The number of nitrogens with one attached hydrogen (secondary N) is 1. The molecule has 1 saturated carbocycles. The van der Waals surface area contributed by atoms with Crippen molar-refractivity contribution >= 4 is 50.7 Å². The van der Waals surface area contributed by atoms with E-state index in [1.54, 1.807) is 48.5 Å². The summed E-state index contributed by atoms with van der Waals surface area (Å²) in [6, 6.07) is 25.9. The molecular formula is C36H36Cl2FN3O4S. The lowest BCUT2D eigenvalue weighted by molar-refractivity contribution is -0.140. The summed E-state index contributed by atoms with van der Waals surface area (Å²) in [5.74, 6) is -1.54. The van der Waals surface area contributed by atoms with Gasteiger partial charge in [-0.05, 0) is 72.5 Å². The number of sulfonamides is 1. The van der Waals surface area contributed by atoms with Gasteiger partial charge in [0.05, 0.1) is 10.6 Å². The van der Waals surface area contributed by atoms with E-state index in [1.165, 1.54) is 4.90 Å². The fraction of sp³-hybridized carbons (Fsp3) is 0.278. The maximum absolute atomic E-state index is 14.6. The van der Waals surface area contributed by atoms with Gasteiger partial charge >= 0.3 is 0 Å². The second kappa shape index (κ2) is 15.8. The van der Waals surface area contributed by atoms with E-state index >= 15 is 0 Å². The molecular weight excluding hydrogens is 660 g/mol. The number of rotatable bonds is 12. The van der Waals surface area contributed by atoms with Crippen LogP contribution in [0.2, 0.25) is 10.0 Å². The van der Waals surface area contributed by atoms with E-state index in [0.29, 0.717) is 15.6 Å². The van der Waals surface area contributed by atoms with Gasteiger partial charge in [-0.15, -0.1) is 0 Å². The molecule has 4 aromatic carbocycles. The Hall–Kier alpha value is -3.92. The molecule has 0 radical (unpaired) electrons. The first-order valence-electron chi connectivity index (χ1n) is 15.5. The van der Waals surface area contributed by atoms with Gasteiger partial charge in [-0.2, -0.15) is 0 Å². The Kier molecular flexibility index (Phi) is 11.6. The average Bonchev–Trinajstić information content (AvgIpc) is 3.07. The molecule has 1 atom stereocenters. The van der Waals surface area contributed by atoms with E-state index in [0.717, 1.165) is 66.2 Å². The molecule has 1 N–H and O–H groups in total. The second-order valence-corrected chi connectivity index (χ2v) is 14.3. The third-order valence-corrected chi connectivity index (χ3v) is 10.7. The standard InChI is InChI=1S/C36H36Cl2FN3O4S/c37-28-17-16-27(33(38)23-28)24-41(34(22-26-10-4-1-5-11-26)36(44)40-30-12-6-2-7-13-30)35(43)25-42(31-14-8-3-9-15-31)47(45,46)32-20-18-29(39)19-21-32/h1,3-5,8-11,14-21,23,30,34H,2,6-7,12-13,22,24-25H2,(H,40,44)/t34-/m0/s1. The van der Waals surface area contributed by atoms with Crippen LogP contribution in [0.25, 0.3) is 0 Å². The van der Waals surface area contributed by atoms with E-state index in [2.05, 4.69) is 5.32 Å². The van der Waals surface area contributed by atoms with Crippen LogP contribution < -0.4 is 9.62 Å². The van der Waals surface area contributed by atoms with Gasteiger partial charge in [0.25, 0.3) is 10.0 Å². The number of hydrogen-bond acceptors (Lipinski definition) is 4. The smallest absolute Gasteiger partial charge is 0.264 e. The molecule has 2 amide bonds. The van der Waals surface area contributed by atoms with Crippen molar-refractivity contribution < 1.29 is 22.4 Å². The van der Waals surface area contributed by atoms with E-state index in [1.807, 2.05) is 30.3 Å². The van der Waals surface area contributed by atoms with Gasteiger partial charge in [-0.25, -0.2) is 12.8 Å². The summed E-state index contributed by atoms with van der Waals surface area (Å²) in [6.45, 7) is -0.708. The first-order valence-corrected chi connectivity index (χ1v) is 17.7. The lowest BCUT2D eigenvalue weighted by Gasteiger charge is -2.35. The van der Waals surface area contributed by atoms with E-state index < -0.39 is 34.3 Å². The highest BCUT2D eigenvalue weighted by Crippen LogP contribution is 2.28. The number of carbonyl (C=O) groups is 2. The van der Waals surface area contributed by atoms with Crippen LogP contribution in [-0.4, -0.2) is 43.8 Å². The summed E-state index contributed by atoms with van der Waals surface area (Å²) in [5.41, 5.74) is 1.61. The maximum Gasteiger partial charge on any atom is 0.264 e. The molecule has 1 fully saturated rings. The number of para-hydroxylation sites is 1. The highest BCUT2D eigenvalue weighted by atomic mass is 35.5. The quantitative estimate of drug-likeness (QED) is 0.167. The molecule has 1 aliphatic rings. The summed E-state index contributed by atoms with van der Waals surface area (Å²) in [6.07, 6.45) is 5.00. The summed E-state index contributed by atoms with van der Waals surface area (Å²) in [4.78, 5) is 30.0. The molecule has 1 aliphatic carbocycles. The molecule has 4 aromatic rings. The minimum absolute atomic E-state index is 0.0229. The third-order valence-electron chi connectivity index (χ3n) is 8.30. The van der Waals surface area contributed by atoms with Crippen molar-refractivity contribution in [1.82, 2.24) is 10.2 Å². The Morgan fingerprint density at radius 3 is 2.13 bits per heavy atom. The van der Waals surface area contributed by atoms with Crippen LogP contribution in [0.1, 0.15) is 43.2 Å². The fourth-order valence-electron chi connectivity index (χ4n) is 5.79. The van der Waals surface area contributed by atoms with Crippen molar-refractivity contribution in [3.63, 3.8) is 0 Å². The lowest BCUT2D eigenvalue weighted by Crippen LogP contribution is -2.55. The molecule has 47 heavy (non-hydrogen) atoms. The van der Waals surface area contributed by atoms with Gasteiger partial charge in [0, 0.05) is 29.1 Å².